The van der Waals surface area contributed by atoms with Gasteiger partial charge in [0, 0.05) is 25.0 Å². The van der Waals surface area contributed by atoms with Gasteiger partial charge in [-0.2, -0.15) is 10.1 Å². The lowest BCUT2D eigenvalue weighted by atomic mass is 10.3. The Bertz CT molecular complexity index is 728. The van der Waals surface area contributed by atoms with Gasteiger partial charge in [-0.3, -0.25) is 4.68 Å². The number of hydrogen-bond acceptors (Lipinski definition) is 5. The molecule has 1 aromatic carbocycles. The predicted molar refractivity (Wildman–Crippen MR) is 74.3 cm³/mol. The number of anilines is 3. The van der Waals surface area contributed by atoms with Crippen LogP contribution in [-0.2, 0) is 13.5 Å². The minimum atomic E-state index is 0.448. The van der Waals surface area contributed by atoms with E-state index in [1.807, 2.05) is 19.3 Å². The van der Waals surface area contributed by atoms with Gasteiger partial charge in [-0.15, -0.1) is 0 Å². The molecule has 6 heteroatoms. The maximum atomic E-state index is 5.71. The second-order valence-corrected chi connectivity index (χ2v) is 4.39. The molecule has 0 atom stereocenters. The zero-order valence-electron chi connectivity index (χ0n) is 10.8. The summed E-state index contributed by atoms with van der Waals surface area (Å²) in [4.78, 5) is 4.36. The zero-order valence-corrected chi connectivity index (χ0v) is 10.8. The van der Waals surface area contributed by atoms with Crippen LogP contribution in [0.2, 0.25) is 0 Å². The Labute approximate surface area is 110 Å². The van der Waals surface area contributed by atoms with Crippen LogP contribution in [0.4, 0.5) is 17.4 Å². The Morgan fingerprint density at radius 2 is 2.26 bits per heavy atom. The number of nitrogens with zero attached hydrogens (tertiary/aromatic N) is 3. The summed E-state index contributed by atoms with van der Waals surface area (Å²) in [5.41, 5.74) is 9.70. The highest BCUT2D eigenvalue weighted by Gasteiger charge is 2.10. The summed E-state index contributed by atoms with van der Waals surface area (Å²) in [6, 6.07) is 5.85. The maximum Gasteiger partial charge on any atom is 0.300 e. The Kier molecular flexibility index (Phi) is 2.63. The molecule has 0 spiro atoms. The first-order chi connectivity index (χ1) is 9.15. The molecule has 6 nitrogen and oxygen atoms in total. The van der Waals surface area contributed by atoms with Crippen LogP contribution in [0.5, 0.6) is 0 Å². The second kappa shape index (κ2) is 4.31. The SMILES string of the molecule is CCc1nn(C)cc1Nc1nc2ccc(N)cc2o1. The third-order valence-electron chi connectivity index (χ3n) is 2.89. The van der Waals surface area contributed by atoms with Crippen LogP contribution in [-0.4, -0.2) is 14.8 Å². The minimum absolute atomic E-state index is 0.448. The normalized spacial score (nSPS) is 11.1. The lowest BCUT2D eigenvalue weighted by molar-refractivity contribution is 0.623. The van der Waals surface area contributed by atoms with Gasteiger partial charge in [0.05, 0.1) is 11.4 Å². The van der Waals surface area contributed by atoms with Crippen molar-refractivity contribution >= 4 is 28.5 Å². The van der Waals surface area contributed by atoms with Crippen molar-refractivity contribution in [1.29, 1.82) is 0 Å². The van der Waals surface area contributed by atoms with Crippen LogP contribution in [0.1, 0.15) is 12.6 Å². The molecule has 98 valence electrons. The minimum Gasteiger partial charge on any atom is -0.423 e. The number of aromatic nitrogens is 3. The number of benzene rings is 1. The van der Waals surface area contributed by atoms with Crippen molar-refractivity contribution in [1.82, 2.24) is 14.8 Å². The Morgan fingerprint density at radius 1 is 1.42 bits per heavy atom. The largest absolute Gasteiger partial charge is 0.423 e. The molecule has 19 heavy (non-hydrogen) atoms. The smallest absolute Gasteiger partial charge is 0.300 e. The molecule has 0 bridgehead atoms. The molecule has 0 radical (unpaired) electrons. The fourth-order valence-corrected chi connectivity index (χ4v) is 2.01. The molecular weight excluding hydrogens is 242 g/mol. The van der Waals surface area contributed by atoms with E-state index in [1.54, 1.807) is 16.8 Å². The van der Waals surface area contributed by atoms with E-state index < -0.39 is 0 Å². The van der Waals surface area contributed by atoms with Crippen molar-refractivity contribution in [2.24, 2.45) is 7.05 Å². The first-order valence-corrected chi connectivity index (χ1v) is 6.11. The van der Waals surface area contributed by atoms with Gasteiger partial charge in [0.15, 0.2) is 5.58 Å². The molecule has 0 fully saturated rings. The zero-order chi connectivity index (χ0) is 13.4. The average Bonchev–Trinajstić information content (AvgIpc) is 2.92. The lowest BCUT2D eigenvalue weighted by Gasteiger charge is -1.98. The number of fused-ring (bicyclic) bond motifs is 1. The molecule has 0 amide bonds. The molecule has 0 saturated heterocycles. The van der Waals surface area contributed by atoms with E-state index in [0.29, 0.717) is 17.3 Å². The molecule has 3 N–H and O–H groups in total. The van der Waals surface area contributed by atoms with E-state index in [4.69, 9.17) is 10.2 Å². The van der Waals surface area contributed by atoms with E-state index in [0.717, 1.165) is 23.3 Å². The molecule has 2 aromatic heterocycles. The number of hydrogen-bond donors (Lipinski definition) is 2. The van der Waals surface area contributed by atoms with Crippen LogP contribution < -0.4 is 11.1 Å². The summed E-state index contributed by atoms with van der Waals surface area (Å²) in [6.45, 7) is 2.06. The van der Waals surface area contributed by atoms with Gasteiger partial charge in [-0.1, -0.05) is 6.92 Å². The third kappa shape index (κ3) is 2.12. The van der Waals surface area contributed by atoms with Crippen LogP contribution >= 0.6 is 0 Å². The van der Waals surface area contributed by atoms with E-state index in [9.17, 15) is 0 Å². The topological polar surface area (TPSA) is 81.9 Å². The number of nitrogen functional groups attached to an aromatic ring is 1. The second-order valence-electron chi connectivity index (χ2n) is 4.39. The maximum absolute atomic E-state index is 5.71. The van der Waals surface area contributed by atoms with Crippen LogP contribution in [0.15, 0.2) is 28.8 Å². The highest BCUT2D eigenvalue weighted by Crippen LogP contribution is 2.25. The first-order valence-electron chi connectivity index (χ1n) is 6.11. The Morgan fingerprint density at radius 3 is 3.05 bits per heavy atom. The molecular formula is C13H15N5O. The quantitative estimate of drug-likeness (QED) is 0.704. The Hall–Kier alpha value is -2.50. The van der Waals surface area contributed by atoms with E-state index >= 15 is 0 Å². The summed E-state index contributed by atoms with van der Waals surface area (Å²) >= 11 is 0. The molecule has 0 saturated carbocycles. The van der Waals surface area contributed by atoms with Gasteiger partial charge in [-0.25, -0.2) is 0 Å². The fraction of sp³-hybridized carbons (Fsp3) is 0.231. The van der Waals surface area contributed by atoms with Gasteiger partial charge >= 0.3 is 0 Å². The third-order valence-corrected chi connectivity index (χ3v) is 2.89. The number of aryl methyl sites for hydroxylation is 2. The molecule has 0 aliphatic heterocycles. The molecule has 0 unspecified atom stereocenters. The molecule has 0 aliphatic carbocycles. The van der Waals surface area contributed by atoms with Crippen LogP contribution in [0, 0.1) is 0 Å². The predicted octanol–water partition coefficient (Wildman–Crippen LogP) is 2.45. The number of nitrogens with one attached hydrogen (secondary N) is 1. The van der Waals surface area contributed by atoms with Crippen molar-refractivity contribution in [2.75, 3.05) is 11.1 Å². The number of rotatable bonds is 3. The van der Waals surface area contributed by atoms with Crippen molar-refractivity contribution < 1.29 is 4.42 Å². The van der Waals surface area contributed by atoms with Crippen molar-refractivity contribution in [3.63, 3.8) is 0 Å². The highest BCUT2D eigenvalue weighted by atomic mass is 16.4. The Balaban J connectivity index is 1.96. The fourth-order valence-electron chi connectivity index (χ4n) is 2.01. The van der Waals surface area contributed by atoms with Crippen molar-refractivity contribution in [3.8, 4) is 0 Å². The first kappa shape index (κ1) is 11.6. The molecule has 0 aliphatic rings. The average molecular weight is 257 g/mol. The summed E-state index contributed by atoms with van der Waals surface area (Å²) in [6.07, 6.45) is 2.75. The van der Waals surface area contributed by atoms with E-state index in [-0.39, 0.29) is 0 Å². The van der Waals surface area contributed by atoms with Crippen molar-refractivity contribution in [3.05, 3.63) is 30.1 Å². The van der Waals surface area contributed by atoms with Gasteiger partial charge < -0.3 is 15.5 Å². The number of oxazole rings is 1. The lowest BCUT2D eigenvalue weighted by Crippen LogP contribution is -1.93. The van der Waals surface area contributed by atoms with Gasteiger partial charge in [0.1, 0.15) is 5.52 Å². The molecule has 3 rings (SSSR count). The summed E-state index contributed by atoms with van der Waals surface area (Å²) in [7, 11) is 1.89. The van der Waals surface area contributed by atoms with Crippen molar-refractivity contribution in [2.45, 2.75) is 13.3 Å². The van der Waals surface area contributed by atoms with Gasteiger partial charge in [0.2, 0.25) is 0 Å². The summed E-state index contributed by atoms with van der Waals surface area (Å²) in [5, 5.41) is 7.51. The van der Waals surface area contributed by atoms with E-state index in [1.165, 1.54) is 0 Å². The highest BCUT2D eigenvalue weighted by molar-refractivity contribution is 5.78. The number of nitrogens with two attached hydrogens (primary N) is 1. The standard InChI is InChI=1S/C13H15N5O/c1-3-9-11(7-18(2)17-9)16-13-15-10-5-4-8(14)6-12(10)19-13/h4-7H,3,14H2,1-2H3,(H,15,16). The summed E-state index contributed by atoms with van der Waals surface area (Å²) < 4.78 is 7.39. The van der Waals surface area contributed by atoms with Gasteiger partial charge in [0.25, 0.3) is 6.01 Å². The van der Waals surface area contributed by atoms with Gasteiger partial charge in [-0.05, 0) is 18.6 Å². The molecule has 2 heterocycles. The summed E-state index contributed by atoms with van der Waals surface area (Å²) in [5.74, 6) is 0. The van der Waals surface area contributed by atoms with E-state index in [2.05, 4.69) is 22.3 Å². The monoisotopic (exact) mass is 257 g/mol. The molecule has 3 aromatic rings. The van der Waals surface area contributed by atoms with Crippen LogP contribution in [0.25, 0.3) is 11.1 Å². The van der Waals surface area contributed by atoms with Crippen LogP contribution in [0.3, 0.4) is 0 Å².